The maximum atomic E-state index is 11.5. The molecule has 0 unspecified atom stereocenters. The van der Waals surface area contributed by atoms with Crippen molar-refractivity contribution in [3.05, 3.63) is 51.8 Å². The van der Waals surface area contributed by atoms with Gasteiger partial charge in [-0.3, -0.25) is 14.3 Å². The largest absolute Gasteiger partial charge is 0.390 e. The Kier molecular flexibility index (Phi) is 2.98. The summed E-state index contributed by atoms with van der Waals surface area (Å²) < 4.78 is 1.29. The summed E-state index contributed by atoms with van der Waals surface area (Å²) in [6, 6.07) is 2.86. The second kappa shape index (κ2) is 4.42. The molecule has 0 saturated heterocycles. The van der Waals surface area contributed by atoms with E-state index >= 15 is 0 Å². The van der Waals surface area contributed by atoms with E-state index < -0.39 is 0 Å². The highest BCUT2D eigenvalue weighted by Gasteiger charge is 2.02. The molecule has 0 aliphatic heterocycles. The van der Waals surface area contributed by atoms with Crippen LogP contribution in [-0.4, -0.2) is 19.6 Å². The molecule has 0 aliphatic carbocycles. The third-order valence-corrected chi connectivity index (χ3v) is 2.20. The number of halogens is 1. The van der Waals surface area contributed by atoms with E-state index in [4.69, 9.17) is 16.7 Å². The highest BCUT2D eigenvalue weighted by atomic mass is 35.5. The zero-order valence-corrected chi connectivity index (χ0v) is 8.92. The van der Waals surface area contributed by atoms with Crippen molar-refractivity contribution < 1.29 is 5.11 Å². The number of aliphatic hydroxyl groups is 1. The highest BCUT2D eigenvalue weighted by molar-refractivity contribution is 6.30. The molecule has 2 aromatic rings. The van der Waals surface area contributed by atoms with Crippen molar-refractivity contribution in [2.75, 3.05) is 0 Å². The molecule has 2 rings (SSSR count). The van der Waals surface area contributed by atoms with E-state index in [0.29, 0.717) is 16.5 Å². The number of aromatic nitrogens is 3. The van der Waals surface area contributed by atoms with E-state index in [1.54, 1.807) is 0 Å². The van der Waals surface area contributed by atoms with Crippen LogP contribution in [0.5, 0.6) is 0 Å². The molecule has 0 bridgehead atoms. The van der Waals surface area contributed by atoms with E-state index in [9.17, 15) is 4.79 Å². The summed E-state index contributed by atoms with van der Waals surface area (Å²) in [4.78, 5) is 19.4. The molecule has 5 nitrogen and oxygen atoms in total. The van der Waals surface area contributed by atoms with Crippen LogP contribution in [0.2, 0.25) is 5.02 Å². The van der Waals surface area contributed by atoms with Crippen LogP contribution in [0, 0.1) is 0 Å². The maximum Gasteiger partial charge on any atom is 0.256 e. The number of hydrogen-bond donors (Lipinski definition) is 1. The topological polar surface area (TPSA) is 68.0 Å². The summed E-state index contributed by atoms with van der Waals surface area (Å²) in [5.74, 6) is 0.365. The molecule has 0 atom stereocenters. The fourth-order valence-electron chi connectivity index (χ4n) is 1.19. The predicted octanol–water partition coefficient (Wildman–Crippen LogP) is 0.773. The lowest BCUT2D eigenvalue weighted by atomic mass is 10.4. The van der Waals surface area contributed by atoms with Gasteiger partial charge in [-0.2, -0.15) is 0 Å². The lowest BCUT2D eigenvalue weighted by molar-refractivity contribution is 0.276. The van der Waals surface area contributed by atoms with Gasteiger partial charge in [-0.05, 0) is 6.07 Å². The summed E-state index contributed by atoms with van der Waals surface area (Å²) in [6.07, 6.45) is 4.28. The van der Waals surface area contributed by atoms with Crippen molar-refractivity contribution in [3.8, 4) is 5.82 Å². The SMILES string of the molecule is O=c1ccc(Cl)cn1-c1cnc(CO)cn1. The van der Waals surface area contributed by atoms with Gasteiger partial charge in [-0.15, -0.1) is 0 Å². The summed E-state index contributed by atoms with van der Waals surface area (Å²) in [5, 5.41) is 9.24. The molecule has 0 fully saturated rings. The minimum absolute atomic E-state index is 0.183. The zero-order valence-electron chi connectivity index (χ0n) is 8.17. The van der Waals surface area contributed by atoms with Gasteiger partial charge in [0.05, 0.1) is 29.7 Å². The molecule has 0 radical (unpaired) electrons. The van der Waals surface area contributed by atoms with Crippen LogP contribution in [0.25, 0.3) is 5.82 Å². The minimum Gasteiger partial charge on any atom is -0.390 e. The van der Waals surface area contributed by atoms with E-state index in [0.717, 1.165) is 0 Å². The first-order valence-corrected chi connectivity index (χ1v) is 4.89. The Morgan fingerprint density at radius 3 is 2.75 bits per heavy atom. The van der Waals surface area contributed by atoms with Crippen LogP contribution in [-0.2, 0) is 6.61 Å². The number of pyridine rings is 1. The van der Waals surface area contributed by atoms with Gasteiger partial charge < -0.3 is 5.11 Å². The highest BCUT2D eigenvalue weighted by Crippen LogP contribution is 2.07. The molecule has 1 N–H and O–H groups in total. The van der Waals surface area contributed by atoms with Crippen molar-refractivity contribution in [2.24, 2.45) is 0 Å². The first-order chi connectivity index (χ1) is 7.70. The summed E-state index contributed by atoms with van der Waals surface area (Å²) >= 11 is 5.78. The van der Waals surface area contributed by atoms with Crippen LogP contribution in [0.4, 0.5) is 0 Å². The Bertz CT molecular complexity index is 551. The van der Waals surface area contributed by atoms with Gasteiger partial charge in [0, 0.05) is 12.3 Å². The lowest BCUT2D eigenvalue weighted by Gasteiger charge is -2.04. The number of aliphatic hydroxyl groups excluding tert-OH is 1. The number of hydrogen-bond acceptors (Lipinski definition) is 4. The normalized spacial score (nSPS) is 10.4. The van der Waals surface area contributed by atoms with Crippen molar-refractivity contribution in [1.29, 1.82) is 0 Å². The van der Waals surface area contributed by atoms with Gasteiger partial charge in [0.2, 0.25) is 0 Å². The third kappa shape index (κ3) is 2.10. The van der Waals surface area contributed by atoms with Crippen molar-refractivity contribution in [3.63, 3.8) is 0 Å². The van der Waals surface area contributed by atoms with Crippen molar-refractivity contribution in [2.45, 2.75) is 6.61 Å². The second-order valence-electron chi connectivity index (χ2n) is 3.08. The Balaban J connectivity index is 2.50. The Hall–Kier alpha value is -1.72. The molecule has 2 heterocycles. The molecule has 82 valence electrons. The Morgan fingerprint density at radius 2 is 2.12 bits per heavy atom. The summed E-state index contributed by atoms with van der Waals surface area (Å²) in [6.45, 7) is -0.183. The van der Waals surface area contributed by atoms with Crippen LogP contribution in [0.15, 0.2) is 35.5 Å². The maximum absolute atomic E-state index is 11.5. The monoisotopic (exact) mass is 237 g/mol. The van der Waals surface area contributed by atoms with Crippen LogP contribution >= 0.6 is 11.6 Å². The molecule has 0 saturated carbocycles. The lowest BCUT2D eigenvalue weighted by Crippen LogP contribution is -2.17. The molecular weight excluding hydrogens is 230 g/mol. The van der Waals surface area contributed by atoms with Gasteiger partial charge >= 0.3 is 0 Å². The summed E-state index contributed by atoms with van der Waals surface area (Å²) in [7, 11) is 0. The Morgan fingerprint density at radius 1 is 1.31 bits per heavy atom. The molecule has 0 aliphatic rings. The zero-order chi connectivity index (χ0) is 11.5. The fourth-order valence-corrected chi connectivity index (χ4v) is 1.35. The minimum atomic E-state index is -0.240. The van der Waals surface area contributed by atoms with Gasteiger partial charge in [0.15, 0.2) is 5.82 Å². The molecular formula is C10H8ClN3O2. The predicted molar refractivity (Wildman–Crippen MR) is 58.6 cm³/mol. The summed E-state index contributed by atoms with van der Waals surface area (Å²) in [5.41, 5.74) is 0.203. The quantitative estimate of drug-likeness (QED) is 0.838. The second-order valence-corrected chi connectivity index (χ2v) is 3.52. The van der Waals surface area contributed by atoms with Crippen LogP contribution < -0.4 is 5.56 Å². The average molecular weight is 238 g/mol. The van der Waals surface area contributed by atoms with Crippen LogP contribution in [0.3, 0.4) is 0 Å². The first kappa shape index (κ1) is 10.8. The van der Waals surface area contributed by atoms with Gasteiger partial charge in [-0.25, -0.2) is 4.98 Å². The molecule has 0 amide bonds. The van der Waals surface area contributed by atoms with E-state index in [1.165, 1.54) is 35.3 Å². The number of nitrogens with zero attached hydrogens (tertiary/aromatic N) is 3. The molecule has 6 heteroatoms. The van der Waals surface area contributed by atoms with Gasteiger partial charge in [0.1, 0.15) is 0 Å². The Labute approximate surface area is 96.0 Å². The van der Waals surface area contributed by atoms with Gasteiger partial charge in [-0.1, -0.05) is 11.6 Å². The van der Waals surface area contributed by atoms with Gasteiger partial charge in [0.25, 0.3) is 5.56 Å². The molecule has 0 aromatic carbocycles. The van der Waals surface area contributed by atoms with E-state index in [-0.39, 0.29) is 12.2 Å². The average Bonchev–Trinajstić information content (AvgIpc) is 2.32. The third-order valence-electron chi connectivity index (χ3n) is 1.98. The van der Waals surface area contributed by atoms with Crippen molar-refractivity contribution in [1.82, 2.24) is 14.5 Å². The number of rotatable bonds is 2. The molecule has 2 aromatic heterocycles. The molecule has 0 spiro atoms. The fraction of sp³-hybridized carbons (Fsp3) is 0.100. The smallest absolute Gasteiger partial charge is 0.256 e. The first-order valence-electron chi connectivity index (χ1n) is 4.51. The van der Waals surface area contributed by atoms with E-state index in [1.807, 2.05) is 0 Å². The van der Waals surface area contributed by atoms with Crippen LogP contribution in [0.1, 0.15) is 5.69 Å². The molecule has 16 heavy (non-hydrogen) atoms. The van der Waals surface area contributed by atoms with Crippen molar-refractivity contribution >= 4 is 11.6 Å². The standard InChI is InChI=1S/C10H8ClN3O2/c11-7-1-2-10(16)14(5-7)9-4-12-8(6-15)3-13-9/h1-5,15H,6H2. The van der Waals surface area contributed by atoms with E-state index in [2.05, 4.69) is 9.97 Å².